The van der Waals surface area contributed by atoms with Gasteiger partial charge in [0.1, 0.15) is 6.61 Å². The van der Waals surface area contributed by atoms with Crippen molar-refractivity contribution in [2.45, 2.75) is 6.61 Å². The number of hydrogen-bond donors (Lipinski definition) is 1. The number of carboxylic acid groups (broad SMARTS) is 1. The number of hydrogen-bond acceptors (Lipinski definition) is 4. The summed E-state index contributed by atoms with van der Waals surface area (Å²) in [4.78, 5) is 11.1. The van der Waals surface area contributed by atoms with Gasteiger partial charge in [0, 0.05) is 5.56 Å². The summed E-state index contributed by atoms with van der Waals surface area (Å²) in [7, 11) is 0. The minimum Gasteiger partial charge on any atom is -0.485 e. The van der Waals surface area contributed by atoms with Gasteiger partial charge in [-0.2, -0.15) is 0 Å². The molecule has 2 aromatic carbocycles. The van der Waals surface area contributed by atoms with E-state index < -0.39 is 5.97 Å². The Kier molecular flexibility index (Phi) is 3.16. The number of fused-ring (bicyclic) bond motifs is 1. The number of carbonyl (C=O) groups is 1. The molecule has 1 aliphatic heterocycles. The first kappa shape index (κ1) is 12.3. The van der Waals surface area contributed by atoms with E-state index in [1.807, 2.05) is 0 Å². The van der Waals surface area contributed by atoms with Crippen LogP contribution in [0.4, 0.5) is 0 Å². The average Bonchev–Trinajstić information content (AvgIpc) is 2.94. The van der Waals surface area contributed by atoms with Crippen molar-refractivity contribution in [1.82, 2.24) is 0 Å². The van der Waals surface area contributed by atoms with Crippen molar-refractivity contribution in [3.63, 3.8) is 0 Å². The molecule has 0 spiro atoms. The van der Waals surface area contributed by atoms with Gasteiger partial charge in [-0.1, -0.05) is 24.3 Å². The van der Waals surface area contributed by atoms with Crippen LogP contribution in [0.25, 0.3) is 0 Å². The molecule has 102 valence electrons. The third-order valence-corrected chi connectivity index (χ3v) is 2.99. The first-order chi connectivity index (χ1) is 9.75. The normalized spacial score (nSPS) is 12.2. The Morgan fingerprint density at radius 2 is 2.00 bits per heavy atom. The lowest BCUT2D eigenvalue weighted by Gasteiger charge is -2.10. The largest absolute Gasteiger partial charge is 0.485 e. The number of rotatable bonds is 4. The molecular formula is C15H12O5. The van der Waals surface area contributed by atoms with Gasteiger partial charge in [-0.3, -0.25) is 0 Å². The van der Waals surface area contributed by atoms with Gasteiger partial charge in [-0.05, 0) is 18.2 Å². The van der Waals surface area contributed by atoms with Crippen LogP contribution < -0.4 is 14.2 Å². The van der Waals surface area contributed by atoms with Gasteiger partial charge in [-0.25, -0.2) is 4.79 Å². The molecule has 2 aromatic rings. The number of aromatic carboxylic acids is 1. The van der Waals surface area contributed by atoms with Crippen LogP contribution >= 0.6 is 0 Å². The van der Waals surface area contributed by atoms with Crippen LogP contribution in [-0.2, 0) is 6.61 Å². The maximum absolute atomic E-state index is 11.1. The maximum Gasteiger partial charge on any atom is 0.336 e. The van der Waals surface area contributed by atoms with E-state index in [1.54, 1.807) is 42.5 Å². The van der Waals surface area contributed by atoms with E-state index in [1.165, 1.54) is 0 Å². The summed E-state index contributed by atoms with van der Waals surface area (Å²) in [6.07, 6.45) is 0. The first-order valence-electron chi connectivity index (χ1n) is 6.08. The molecule has 0 radical (unpaired) electrons. The van der Waals surface area contributed by atoms with Crippen LogP contribution in [-0.4, -0.2) is 17.9 Å². The SMILES string of the molecule is O=C(O)c1ccccc1COc1cccc2c1OCO2. The highest BCUT2D eigenvalue weighted by Gasteiger charge is 2.19. The fourth-order valence-electron chi connectivity index (χ4n) is 2.03. The van der Waals surface area contributed by atoms with Gasteiger partial charge in [0.2, 0.25) is 12.5 Å². The lowest BCUT2D eigenvalue weighted by molar-refractivity contribution is 0.0694. The number of benzene rings is 2. The van der Waals surface area contributed by atoms with Crippen LogP contribution in [0.5, 0.6) is 17.2 Å². The molecule has 1 heterocycles. The highest BCUT2D eigenvalue weighted by molar-refractivity contribution is 5.89. The van der Waals surface area contributed by atoms with Crippen molar-refractivity contribution in [2.24, 2.45) is 0 Å². The van der Waals surface area contributed by atoms with Crippen molar-refractivity contribution in [3.8, 4) is 17.2 Å². The van der Waals surface area contributed by atoms with E-state index >= 15 is 0 Å². The minimum absolute atomic E-state index is 0.155. The zero-order chi connectivity index (χ0) is 13.9. The van der Waals surface area contributed by atoms with Gasteiger partial charge in [0.05, 0.1) is 5.56 Å². The van der Waals surface area contributed by atoms with E-state index in [4.69, 9.17) is 19.3 Å². The molecule has 3 rings (SSSR count). The molecule has 0 aliphatic carbocycles. The zero-order valence-corrected chi connectivity index (χ0v) is 10.5. The van der Waals surface area contributed by atoms with E-state index in [-0.39, 0.29) is 19.0 Å². The molecule has 0 bridgehead atoms. The van der Waals surface area contributed by atoms with E-state index in [0.29, 0.717) is 22.8 Å². The molecule has 0 aromatic heterocycles. The van der Waals surface area contributed by atoms with E-state index in [9.17, 15) is 4.79 Å². The molecule has 0 saturated carbocycles. The molecule has 5 nitrogen and oxygen atoms in total. The Balaban J connectivity index is 1.81. The second-order valence-corrected chi connectivity index (χ2v) is 4.24. The van der Waals surface area contributed by atoms with Gasteiger partial charge < -0.3 is 19.3 Å². The van der Waals surface area contributed by atoms with E-state index in [2.05, 4.69) is 0 Å². The molecule has 0 amide bonds. The average molecular weight is 272 g/mol. The lowest BCUT2D eigenvalue weighted by Crippen LogP contribution is -2.05. The fourth-order valence-corrected chi connectivity index (χ4v) is 2.03. The van der Waals surface area contributed by atoms with Gasteiger partial charge in [0.15, 0.2) is 11.5 Å². The molecule has 0 unspecified atom stereocenters. The predicted octanol–water partition coefficient (Wildman–Crippen LogP) is 2.69. The summed E-state index contributed by atoms with van der Waals surface area (Å²) in [6.45, 7) is 0.323. The lowest BCUT2D eigenvalue weighted by atomic mass is 10.1. The Morgan fingerprint density at radius 3 is 2.85 bits per heavy atom. The van der Waals surface area contributed by atoms with Crippen molar-refractivity contribution >= 4 is 5.97 Å². The van der Waals surface area contributed by atoms with Crippen molar-refractivity contribution in [3.05, 3.63) is 53.6 Å². The van der Waals surface area contributed by atoms with Crippen molar-refractivity contribution in [1.29, 1.82) is 0 Å². The fraction of sp³-hybridized carbons (Fsp3) is 0.133. The van der Waals surface area contributed by atoms with Gasteiger partial charge >= 0.3 is 5.97 Å². The van der Waals surface area contributed by atoms with Gasteiger partial charge in [-0.15, -0.1) is 0 Å². The number of carboxylic acids is 1. The van der Waals surface area contributed by atoms with Crippen molar-refractivity contribution in [2.75, 3.05) is 6.79 Å². The predicted molar refractivity (Wildman–Crippen MR) is 70.3 cm³/mol. The Labute approximate surface area is 115 Å². The van der Waals surface area contributed by atoms with E-state index in [0.717, 1.165) is 0 Å². The Bertz CT molecular complexity index is 650. The van der Waals surface area contributed by atoms with Gasteiger partial charge in [0.25, 0.3) is 0 Å². The van der Waals surface area contributed by atoms with Crippen LogP contribution in [0.2, 0.25) is 0 Å². The Hall–Kier alpha value is -2.69. The van der Waals surface area contributed by atoms with Crippen molar-refractivity contribution < 1.29 is 24.1 Å². The summed E-state index contributed by atoms with van der Waals surface area (Å²) in [5, 5.41) is 9.12. The highest BCUT2D eigenvalue weighted by atomic mass is 16.7. The van der Waals surface area contributed by atoms with Crippen LogP contribution in [0.1, 0.15) is 15.9 Å². The molecule has 0 saturated heterocycles. The quantitative estimate of drug-likeness (QED) is 0.927. The smallest absolute Gasteiger partial charge is 0.336 e. The summed E-state index contributed by atoms with van der Waals surface area (Å²) in [6, 6.07) is 12.1. The summed E-state index contributed by atoms with van der Waals surface area (Å²) in [5.74, 6) is 0.761. The first-order valence-corrected chi connectivity index (χ1v) is 6.08. The third kappa shape index (κ3) is 2.25. The molecule has 0 atom stereocenters. The monoisotopic (exact) mass is 272 g/mol. The number of ether oxygens (including phenoxy) is 3. The molecule has 1 N–H and O–H groups in total. The van der Waals surface area contributed by atoms with Crippen LogP contribution in [0.15, 0.2) is 42.5 Å². The highest BCUT2D eigenvalue weighted by Crippen LogP contribution is 2.40. The Morgan fingerprint density at radius 1 is 1.15 bits per heavy atom. The zero-order valence-electron chi connectivity index (χ0n) is 10.5. The summed E-state index contributed by atoms with van der Waals surface area (Å²) >= 11 is 0. The molecular weight excluding hydrogens is 260 g/mol. The molecule has 1 aliphatic rings. The topological polar surface area (TPSA) is 65.0 Å². The minimum atomic E-state index is -0.970. The van der Waals surface area contributed by atoms with Crippen LogP contribution in [0.3, 0.4) is 0 Å². The standard InChI is InChI=1S/C15H12O5/c16-15(17)11-5-2-1-4-10(11)8-18-12-6-3-7-13-14(12)20-9-19-13/h1-7H,8-9H2,(H,16,17). The second-order valence-electron chi connectivity index (χ2n) is 4.24. The number of para-hydroxylation sites is 1. The third-order valence-electron chi connectivity index (χ3n) is 2.99. The maximum atomic E-state index is 11.1. The molecule has 0 fully saturated rings. The molecule has 5 heteroatoms. The van der Waals surface area contributed by atoms with Crippen LogP contribution in [0, 0.1) is 0 Å². The second kappa shape index (κ2) is 5.13. The summed E-state index contributed by atoms with van der Waals surface area (Å²) in [5.41, 5.74) is 0.841. The summed E-state index contributed by atoms with van der Waals surface area (Å²) < 4.78 is 16.2. The molecule has 20 heavy (non-hydrogen) atoms.